The molecule has 3 aromatic carbocycles. The predicted octanol–water partition coefficient (Wildman–Crippen LogP) is 0.114. The van der Waals surface area contributed by atoms with E-state index in [9.17, 15) is 38.7 Å². The number of aromatic amines is 5. The van der Waals surface area contributed by atoms with Crippen molar-refractivity contribution in [2.45, 2.75) is 205 Å². The highest BCUT2D eigenvalue weighted by Crippen LogP contribution is 2.24. The Balaban J connectivity index is 1.02. The fourth-order valence-corrected chi connectivity index (χ4v) is 14.1. The van der Waals surface area contributed by atoms with E-state index in [1.807, 2.05) is 54.6 Å². The summed E-state index contributed by atoms with van der Waals surface area (Å²) in [4.78, 5) is 199. The third kappa shape index (κ3) is 27.7. The van der Waals surface area contributed by atoms with E-state index in [1.165, 1.54) is 25.0 Å². The molecule has 8 aromatic rings. The number of nitrogens with one attached hydrogen (secondary N) is 20. The molecule has 12 atom stereocenters. The third-order valence-electron chi connectivity index (χ3n) is 20.9. The van der Waals surface area contributed by atoms with Crippen LogP contribution in [0.5, 0.6) is 0 Å². The largest absolute Gasteiger partial charge is 0.480 e. The van der Waals surface area contributed by atoms with Crippen molar-refractivity contribution in [3.05, 3.63) is 145 Å². The molecular weight excluding hydrogens is 1570 g/mol. The number of carboxylic acid groups (broad SMARTS) is 1. The third-order valence-corrected chi connectivity index (χ3v) is 20.9. The molecule has 658 valence electrons. The Labute approximate surface area is 705 Å². The summed E-state index contributed by atoms with van der Waals surface area (Å²) in [6.07, 6.45) is 11.4. The molecule has 0 saturated carbocycles. The van der Waals surface area contributed by atoms with Crippen LogP contribution in [0.15, 0.2) is 116 Å². The van der Waals surface area contributed by atoms with E-state index >= 15 is 24.0 Å². The average molecular weight is 1690 g/mol. The summed E-state index contributed by atoms with van der Waals surface area (Å²) in [6.45, 7) is 14.0. The number of benzene rings is 3. The number of fused-ring (bicyclic) bond motifs is 3. The zero-order chi connectivity index (χ0) is 88.9. The van der Waals surface area contributed by atoms with Crippen LogP contribution in [0.2, 0.25) is 0 Å². The molecule has 0 radical (unpaired) electrons. The summed E-state index contributed by atoms with van der Waals surface area (Å²) in [5, 5.41) is 63.2. The van der Waals surface area contributed by atoms with E-state index in [0.717, 1.165) is 10.9 Å². The van der Waals surface area contributed by atoms with Crippen LogP contribution in [-0.4, -0.2) is 215 Å². The van der Waals surface area contributed by atoms with E-state index in [4.69, 9.17) is 33.8 Å². The van der Waals surface area contributed by atoms with E-state index in [2.05, 4.69) is 104 Å². The minimum Gasteiger partial charge on any atom is -0.480 e. The van der Waals surface area contributed by atoms with Gasteiger partial charge in [0.25, 0.3) is 0 Å². The highest BCUT2D eigenvalue weighted by Gasteiger charge is 2.40. The van der Waals surface area contributed by atoms with E-state index in [-0.39, 0.29) is 88.5 Å². The predicted molar refractivity (Wildman–Crippen MR) is 458 cm³/mol. The molecule has 0 aliphatic rings. The van der Waals surface area contributed by atoms with Crippen molar-refractivity contribution >= 4 is 116 Å². The van der Waals surface area contributed by atoms with Crippen LogP contribution in [0, 0.1) is 34.5 Å². The van der Waals surface area contributed by atoms with E-state index in [0.29, 0.717) is 70.0 Å². The number of carboxylic acids is 1. The number of para-hydroxylation sites is 3. The van der Waals surface area contributed by atoms with Gasteiger partial charge in [-0.1, -0.05) is 110 Å². The first-order valence-electron chi connectivity index (χ1n) is 41.0. The Kier molecular flexibility index (Phi) is 35.4. The first-order valence-corrected chi connectivity index (χ1v) is 41.0. The van der Waals surface area contributed by atoms with Crippen molar-refractivity contribution in [1.82, 2.24) is 104 Å². The maximum absolute atomic E-state index is 15.3. The number of carbonyl (C=O) groups is 12. The molecule has 122 heavy (non-hydrogen) atoms. The van der Waals surface area contributed by atoms with Crippen LogP contribution >= 0.6 is 0 Å². The van der Waals surface area contributed by atoms with Gasteiger partial charge in [0.15, 0.2) is 11.9 Å². The van der Waals surface area contributed by atoms with Crippen molar-refractivity contribution in [2.75, 3.05) is 19.6 Å². The SMILES string of the molecule is CC(C)[C@H](NC(=O)[C@H](Cc1c[nH]c2ccccc12)NC(=O)[C@@H](NC(=O)[C@@H](NC(=O)[C@H](Cc1c[nH]c2ccccc12)NC(=O)[C@H](Cc1c[nH]cn1)NC(=O)[C@H](Cc1c[nH]cn1)NC(=O)[C@H](CCCNC(=N)N)NC(=O)[C@@H](N)CCCNC(=N)N)C(C)C)C(C)C)C(=O)N[C@H](C(=O)N[C@@H](Cc1c[nH]c2ccccc12)C(=O)N[C@@H](CCCCN)C(=O)O)C(C)C. The molecule has 0 saturated heterocycles. The first kappa shape index (κ1) is 94.3. The van der Waals surface area contributed by atoms with Crippen LogP contribution in [0.4, 0.5) is 0 Å². The molecular formula is C83H118N26O13. The van der Waals surface area contributed by atoms with Crippen LogP contribution in [0.3, 0.4) is 0 Å². The lowest BCUT2D eigenvalue weighted by Gasteiger charge is -2.31. The fraction of sp³-hybridized carbons (Fsp3) is 0.470. The van der Waals surface area contributed by atoms with Crippen molar-refractivity contribution < 1.29 is 62.6 Å². The van der Waals surface area contributed by atoms with E-state index in [1.54, 1.807) is 92.2 Å². The monoisotopic (exact) mass is 1690 g/mol. The lowest BCUT2D eigenvalue weighted by atomic mass is 9.97. The summed E-state index contributed by atoms with van der Waals surface area (Å²) in [5.41, 5.74) is 27.4. The summed E-state index contributed by atoms with van der Waals surface area (Å²) in [6, 6.07) is 5.16. The van der Waals surface area contributed by atoms with Crippen LogP contribution < -0.4 is 92.1 Å². The second-order valence-electron chi connectivity index (χ2n) is 31.8. The number of hydrogen-bond donors (Lipinski definition) is 25. The highest BCUT2D eigenvalue weighted by atomic mass is 16.4. The topological polar surface area (TPSA) is 638 Å². The Morgan fingerprint density at radius 2 is 0.664 bits per heavy atom. The second kappa shape index (κ2) is 45.8. The number of imidazole rings is 2. The average Bonchev–Trinajstić information content (AvgIpc) is 1.70. The number of aromatic nitrogens is 7. The van der Waals surface area contributed by atoms with Gasteiger partial charge in [-0.25, -0.2) is 14.8 Å². The number of amides is 11. The molecule has 0 fully saturated rings. The maximum atomic E-state index is 15.3. The van der Waals surface area contributed by atoms with Crippen molar-refractivity contribution in [3.8, 4) is 0 Å². The van der Waals surface area contributed by atoms with Crippen LogP contribution in [-0.2, 0) is 89.6 Å². The summed E-state index contributed by atoms with van der Waals surface area (Å²) < 4.78 is 0. The molecule has 0 spiro atoms. The molecule has 5 heterocycles. The van der Waals surface area contributed by atoms with Crippen molar-refractivity contribution in [1.29, 1.82) is 10.8 Å². The Bertz CT molecular complexity index is 4880. The number of unbranched alkanes of at least 4 members (excludes halogenated alkanes) is 1. The Hall–Kier alpha value is -13.2. The number of guanidine groups is 2. The number of nitrogens with zero attached hydrogens (tertiary/aromatic N) is 2. The number of rotatable bonds is 49. The second-order valence-corrected chi connectivity index (χ2v) is 31.8. The molecule has 29 N–H and O–H groups in total. The van der Waals surface area contributed by atoms with Gasteiger partial charge in [0, 0.05) is 109 Å². The molecule has 0 aliphatic carbocycles. The lowest BCUT2D eigenvalue weighted by molar-refractivity contribution is -0.142. The van der Waals surface area contributed by atoms with Gasteiger partial charge >= 0.3 is 5.97 Å². The van der Waals surface area contributed by atoms with Crippen LogP contribution in [0.1, 0.15) is 128 Å². The van der Waals surface area contributed by atoms with Gasteiger partial charge in [0.1, 0.15) is 66.5 Å². The maximum Gasteiger partial charge on any atom is 0.326 e. The minimum absolute atomic E-state index is 0.0301. The number of hydrogen-bond acceptors (Lipinski definition) is 18. The quantitative estimate of drug-likeness (QED) is 0.0137. The highest BCUT2D eigenvalue weighted by molar-refractivity contribution is 6.01. The number of aliphatic carboxylic acids is 1. The molecule has 0 unspecified atom stereocenters. The summed E-state index contributed by atoms with van der Waals surface area (Å²) >= 11 is 0. The smallest absolute Gasteiger partial charge is 0.326 e. The molecule has 11 amide bonds. The molecule has 5 aromatic heterocycles. The number of nitrogens with two attached hydrogens (primary N) is 4. The molecule has 39 nitrogen and oxygen atoms in total. The number of carbonyl (C=O) groups excluding carboxylic acids is 11. The van der Waals surface area contributed by atoms with Crippen molar-refractivity contribution in [2.24, 2.45) is 46.6 Å². The van der Waals surface area contributed by atoms with Gasteiger partial charge in [-0.15, -0.1) is 0 Å². The zero-order valence-corrected chi connectivity index (χ0v) is 69.9. The Morgan fingerprint density at radius 3 is 1.00 bits per heavy atom. The zero-order valence-electron chi connectivity index (χ0n) is 69.9. The fourth-order valence-electron chi connectivity index (χ4n) is 14.1. The van der Waals surface area contributed by atoms with Gasteiger partial charge < -0.3 is 122 Å². The molecule has 0 aliphatic heterocycles. The summed E-state index contributed by atoms with van der Waals surface area (Å²) in [7, 11) is 0. The molecule has 8 rings (SSSR count). The van der Waals surface area contributed by atoms with Gasteiger partial charge in [-0.2, -0.15) is 0 Å². The molecule has 39 heteroatoms. The lowest BCUT2D eigenvalue weighted by Crippen LogP contribution is -2.63. The number of H-pyrrole nitrogens is 5. The van der Waals surface area contributed by atoms with E-state index < -0.39 is 167 Å². The van der Waals surface area contributed by atoms with Gasteiger partial charge in [0.2, 0.25) is 65.0 Å². The normalized spacial score (nSPS) is 14.4. The summed E-state index contributed by atoms with van der Waals surface area (Å²) in [5.74, 6) is -13.7. The standard InChI is InChI=1S/C83H118N26O13/c1-43(2)66(77(117)104-61(31-47-36-94-56-23-12-9-19-52(47)56)72(112)100-60(81(121)122)26-15-16-28-84)108-80(120)69(46(7)8)107-76(116)63(33-49-38-96-58-25-14-11-21-54(49)58)105-78(118)67(44(3)4)109-79(119)68(45(5)6)106-75(115)62(32-48-37-95-57-24-13-10-20-53(48)57)101-73(113)65(35-51-40-91-42-98-51)103-74(114)64(34-50-39-90-41-97-50)102-71(111)59(27-18-30-93-83(88)89)99-70(110)55(85)22-17-29-92-82(86)87/h9-14,19-21,23-25,36-46,55,59-69,94-96H,15-18,22,26-35,84-85H2,1-8H3,(H,90,97)(H,91,98)(H,99,110)(H,100,112)(H,101,113)(H,102,111)(H,103,114)(H,104,117)(H,105,118)(H,106,115)(H,107,116)(H,108,120)(H,109,119)(H,121,122)(H4,86,87,92)(H4,88,89,93)/t55-,59-,60-,61-,62-,63-,64-,65-,66-,67-,68-,69-/m0/s1. The first-order chi connectivity index (χ1) is 58.2. The minimum atomic E-state index is -1.55. The van der Waals surface area contributed by atoms with Gasteiger partial charge in [-0.05, 0) is 110 Å². The van der Waals surface area contributed by atoms with Crippen molar-refractivity contribution in [3.63, 3.8) is 0 Å². The van der Waals surface area contributed by atoms with Gasteiger partial charge in [0.05, 0.1) is 30.1 Å². The van der Waals surface area contributed by atoms with Crippen LogP contribution in [0.25, 0.3) is 32.7 Å². The Morgan fingerprint density at radius 1 is 0.369 bits per heavy atom. The molecule has 0 bridgehead atoms. The van der Waals surface area contributed by atoms with Gasteiger partial charge in [-0.3, -0.25) is 63.6 Å².